The predicted octanol–water partition coefficient (Wildman–Crippen LogP) is 3.46. The van der Waals surface area contributed by atoms with Crippen LogP contribution in [0.1, 0.15) is 18.9 Å². The summed E-state index contributed by atoms with van der Waals surface area (Å²) >= 11 is 0. The van der Waals surface area contributed by atoms with Crippen molar-refractivity contribution in [2.24, 2.45) is 0 Å². The number of nitrogens with zero attached hydrogens (tertiary/aromatic N) is 3. The Labute approximate surface area is 124 Å². The summed E-state index contributed by atoms with van der Waals surface area (Å²) < 4.78 is 0. The molecule has 1 atom stereocenters. The number of anilines is 1. The Hall–Kier alpha value is -2.49. The van der Waals surface area contributed by atoms with E-state index in [1.165, 1.54) is 5.56 Å². The van der Waals surface area contributed by atoms with Gasteiger partial charge in [-0.15, -0.1) is 10.2 Å². The van der Waals surface area contributed by atoms with Crippen molar-refractivity contribution in [2.45, 2.75) is 25.8 Å². The lowest BCUT2D eigenvalue weighted by atomic mass is 10.1. The van der Waals surface area contributed by atoms with Gasteiger partial charge in [-0.25, -0.2) is 4.98 Å². The zero-order chi connectivity index (χ0) is 14.5. The Morgan fingerprint density at radius 3 is 2.43 bits per heavy atom. The van der Waals surface area contributed by atoms with Crippen LogP contribution >= 0.6 is 0 Å². The Kier molecular flexibility index (Phi) is 4.05. The van der Waals surface area contributed by atoms with Gasteiger partial charge in [0.05, 0.1) is 5.52 Å². The summed E-state index contributed by atoms with van der Waals surface area (Å²) in [5.41, 5.74) is 3.04. The minimum Gasteiger partial charge on any atom is -0.350 e. The monoisotopic (exact) mass is 278 g/mol. The number of rotatable bonds is 5. The molecule has 0 radical (unpaired) electrons. The van der Waals surface area contributed by atoms with E-state index in [-0.39, 0.29) is 0 Å². The molecule has 0 amide bonds. The van der Waals surface area contributed by atoms with Gasteiger partial charge in [0.1, 0.15) is 5.52 Å². The fourth-order valence-corrected chi connectivity index (χ4v) is 2.26. The number of nitrogens with one attached hydrogen (secondary N) is 1. The van der Waals surface area contributed by atoms with Gasteiger partial charge in [-0.05, 0) is 37.5 Å². The SMILES string of the molecule is CC(CCc1ccccc1)Nc1nnc2ccccc2n1. The molecule has 1 unspecified atom stereocenters. The maximum atomic E-state index is 4.49. The molecule has 0 spiro atoms. The van der Waals surface area contributed by atoms with E-state index >= 15 is 0 Å². The number of aryl methyl sites for hydroxylation is 1. The molecule has 0 saturated heterocycles. The minimum atomic E-state index is 0.299. The molecule has 0 bridgehead atoms. The van der Waals surface area contributed by atoms with E-state index in [4.69, 9.17) is 0 Å². The van der Waals surface area contributed by atoms with Gasteiger partial charge >= 0.3 is 0 Å². The van der Waals surface area contributed by atoms with Crippen LogP contribution in [0.5, 0.6) is 0 Å². The summed E-state index contributed by atoms with van der Waals surface area (Å²) in [4.78, 5) is 4.49. The second-order valence-corrected chi connectivity index (χ2v) is 5.19. The van der Waals surface area contributed by atoms with Crippen molar-refractivity contribution in [2.75, 3.05) is 5.32 Å². The standard InChI is InChI=1S/C17H18N4/c1-13(11-12-14-7-3-2-4-8-14)18-17-19-15-9-5-6-10-16(15)20-21-17/h2-10,13H,11-12H2,1H3,(H,18,19,21). The number of benzene rings is 2. The highest BCUT2D eigenvalue weighted by Gasteiger charge is 2.06. The van der Waals surface area contributed by atoms with E-state index in [1.807, 2.05) is 30.3 Å². The number of aromatic nitrogens is 3. The molecule has 4 heteroatoms. The smallest absolute Gasteiger partial charge is 0.243 e. The molecule has 106 valence electrons. The highest BCUT2D eigenvalue weighted by Crippen LogP contribution is 2.11. The van der Waals surface area contributed by atoms with Crippen LogP contribution in [0.15, 0.2) is 54.6 Å². The second-order valence-electron chi connectivity index (χ2n) is 5.19. The normalized spacial score (nSPS) is 12.2. The van der Waals surface area contributed by atoms with Crippen LogP contribution in [0.25, 0.3) is 11.0 Å². The van der Waals surface area contributed by atoms with Crippen LogP contribution in [0.3, 0.4) is 0 Å². The van der Waals surface area contributed by atoms with Gasteiger partial charge in [-0.3, -0.25) is 0 Å². The molecule has 3 rings (SSSR count). The third kappa shape index (κ3) is 3.54. The van der Waals surface area contributed by atoms with Crippen molar-refractivity contribution in [1.82, 2.24) is 15.2 Å². The first-order chi connectivity index (χ1) is 10.3. The molecule has 4 nitrogen and oxygen atoms in total. The van der Waals surface area contributed by atoms with Crippen LogP contribution in [-0.2, 0) is 6.42 Å². The zero-order valence-corrected chi connectivity index (χ0v) is 12.0. The van der Waals surface area contributed by atoms with Gasteiger partial charge in [0.15, 0.2) is 0 Å². The molecule has 2 aromatic carbocycles. The largest absolute Gasteiger partial charge is 0.350 e. The average molecular weight is 278 g/mol. The summed E-state index contributed by atoms with van der Waals surface area (Å²) in [6, 6.07) is 18.6. The first kappa shape index (κ1) is 13.5. The molecular weight excluding hydrogens is 260 g/mol. The number of hydrogen-bond donors (Lipinski definition) is 1. The van der Waals surface area contributed by atoms with Gasteiger partial charge in [-0.2, -0.15) is 0 Å². The van der Waals surface area contributed by atoms with E-state index in [0.29, 0.717) is 12.0 Å². The first-order valence-electron chi connectivity index (χ1n) is 7.21. The molecule has 1 N–H and O–H groups in total. The maximum absolute atomic E-state index is 4.49. The Morgan fingerprint density at radius 2 is 1.62 bits per heavy atom. The molecule has 0 fully saturated rings. The van der Waals surface area contributed by atoms with Crippen LogP contribution in [0, 0.1) is 0 Å². The molecule has 0 saturated carbocycles. The van der Waals surface area contributed by atoms with Gasteiger partial charge in [0.2, 0.25) is 5.95 Å². The van der Waals surface area contributed by atoms with Gasteiger partial charge < -0.3 is 5.32 Å². The molecule has 0 aliphatic carbocycles. The molecule has 1 aromatic heterocycles. The first-order valence-corrected chi connectivity index (χ1v) is 7.21. The van der Waals surface area contributed by atoms with Crippen molar-refractivity contribution in [3.8, 4) is 0 Å². The lowest BCUT2D eigenvalue weighted by molar-refractivity contribution is 0.696. The molecule has 0 aliphatic heterocycles. The predicted molar refractivity (Wildman–Crippen MR) is 85.2 cm³/mol. The number of hydrogen-bond acceptors (Lipinski definition) is 4. The molecule has 3 aromatic rings. The van der Waals surface area contributed by atoms with E-state index in [9.17, 15) is 0 Å². The molecular formula is C17H18N4. The Morgan fingerprint density at radius 1 is 0.905 bits per heavy atom. The Balaban J connectivity index is 1.62. The lowest BCUT2D eigenvalue weighted by Gasteiger charge is -2.13. The zero-order valence-electron chi connectivity index (χ0n) is 12.0. The summed E-state index contributed by atoms with van der Waals surface area (Å²) in [6.07, 6.45) is 2.07. The average Bonchev–Trinajstić information content (AvgIpc) is 2.54. The van der Waals surface area contributed by atoms with Crippen molar-refractivity contribution >= 4 is 17.0 Å². The van der Waals surface area contributed by atoms with E-state index in [0.717, 1.165) is 23.9 Å². The highest BCUT2D eigenvalue weighted by molar-refractivity contribution is 5.74. The fraction of sp³-hybridized carbons (Fsp3) is 0.235. The molecule has 21 heavy (non-hydrogen) atoms. The van der Waals surface area contributed by atoms with E-state index in [2.05, 4.69) is 51.7 Å². The summed E-state index contributed by atoms with van der Waals surface area (Å²) in [5.74, 6) is 0.592. The quantitative estimate of drug-likeness (QED) is 0.776. The van der Waals surface area contributed by atoms with Gasteiger partial charge in [0.25, 0.3) is 0 Å². The van der Waals surface area contributed by atoms with Crippen LogP contribution < -0.4 is 5.32 Å². The molecule has 0 aliphatic rings. The maximum Gasteiger partial charge on any atom is 0.243 e. The summed E-state index contributed by atoms with van der Waals surface area (Å²) in [5, 5.41) is 11.6. The van der Waals surface area contributed by atoms with Crippen molar-refractivity contribution in [3.63, 3.8) is 0 Å². The van der Waals surface area contributed by atoms with Crippen molar-refractivity contribution in [1.29, 1.82) is 0 Å². The summed E-state index contributed by atoms with van der Waals surface area (Å²) in [7, 11) is 0. The molecule has 1 heterocycles. The van der Waals surface area contributed by atoms with Crippen molar-refractivity contribution < 1.29 is 0 Å². The third-order valence-electron chi connectivity index (χ3n) is 3.44. The topological polar surface area (TPSA) is 50.7 Å². The lowest BCUT2D eigenvalue weighted by Crippen LogP contribution is -2.18. The van der Waals surface area contributed by atoms with Crippen LogP contribution in [-0.4, -0.2) is 21.2 Å². The van der Waals surface area contributed by atoms with Crippen molar-refractivity contribution in [3.05, 3.63) is 60.2 Å². The van der Waals surface area contributed by atoms with Gasteiger partial charge in [-0.1, -0.05) is 42.5 Å². The highest BCUT2D eigenvalue weighted by atomic mass is 15.2. The van der Waals surface area contributed by atoms with E-state index in [1.54, 1.807) is 0 Å². The number of para-hydroxylation sites is 1. The van der Waals surface area contributed by atoms with Crippen LogP contribution in [0.2, 0.25) is 0 Å². The minimum absolute atomic E-state index is 0.299. The third-order valence-corrected chi connectivity index (χ3v) is 3.44. The van der Waals surface area contributed by atoms with Crippen LogP contribution in [0.4, 0.5) is 5.95 Å². The van der Waals surface area contributed by atoms with E-state index < -0.39 is 0 Å². The fourth-order valence-electron chi connectivity index (χ4n) is 2.26. The Bertz CT molecular complexity index is 712. The van der Waals surface area contributed by atoms with Gasteiger partial charge in [0, 0.05) is 6.04 Å². The second kappa shape index (κ2) is 6.31. The number of fused-ring (bicyclic) bond motifs is 1. The summed E-state index contributed by atoms with van der Waals surface area (Å²) in [6.45, 7) is 2.14.